The quantitative estimate of drug-likeness (QED) is 0.376. The lowest BCUT2D eigenvalue weighted by Gasteiger charge is -2.12. The second-order valence-electron chi connectivity index (χ2n) is 5.88. The Morgan fingerprint density at radius 1 is 1.23 bits per heavy atom. The van der Waals surface area contributed by atoms with Gasteiger partial charge in [0.1, 0.15) is 0 Å². The van der Waals surface area contributed by atoms with E-state index in [1.165, 1.54) is 19.3 Å². The first kappa shape index (κ1) is 20.8. The number of hydrogen-bond acceptors (Lipinski definition) is 6. The largest absolute Gasteiger partial charge is 0.493 e. The molecule has 1 saturated heterocycles. The maximum absolute atomic E-state index is 12.2. The van der Waals surface area contributed by atoms with Crippen molar-refractivity contribution in [1.82, 2.24) is 10.9 Å². The lowest BCUT2D eigenvalue weighted by Crippen LogP contribution is -2.41. The SMILES string of the molecule is CCOc1ccc(C(=O)NNC(=O)CCCCC2CCSS2)cc1OC. The first-order valence-electron chi connectivity index (χ1n) is 8.82. The highest BCUT2D eigenvalue weighted by molar-refractivity contribution is 8.77. The molecule has 0 aromatic heterocycles. The molecule has 2 N–H and O–H groups in total. The molecule has 0 aliphatic carbocycles. The summed E-state index contributed by atoms with van der Waals surface area (Å²) in [5.41, 5.74) is 5.30. The van der Waals surface area contributed by atoms with Gasteiger partial charge in [-0.25, -0.2) is 0 Å². The molecule has 1 aromatic carbocycles. The number of carbonyl (C=O) groups is 2. The highest BCUT2D eigenvalue weighted by Crippen LogP contribution is 2.39. The Morgan fingerprint density at radius 3 is 2.77 bits per heavy atom. The van der Waals surface area contributed by atoms with Crippen molar-refractivity contribution in [1.29, 1.82) is 0 Å². The number of methoxy groups -OCH3 is 1. The summed E-state index contributed by atoms with van der Waals surface area (Å²) >= 11 is 0. The van der Waals surface area contributed by atoms with E-state index in [1.54, 1.807) is 18.2 Å². The van der Waals surface area contributed by atoms with Gasteiger partial charge in [0.05, 0.1) is 13.7 Å². The molecule has 0 radical (unpaired) electrons. The maximum atomic E-state index is 12.2. The van der Waals surface area contributed by atoms with Crippen molar-refractivity contribution in [3.63, 3.8) is 0 Å². The molecule has 1 unspecified atom stereocenters. The van der Waals surface area contributed by atoms with Crippen molar-refractivity contribution < 1.29 is 19.1 Å². The molecular weight excluding hydrogens is 372 g/mol. The van der Waals surface area contributed by atoms with Gasteiger partial charge in [0.15, 0.2) is 11.5 Å². The summed E-state index contributed by atoms with van der Waals surface area (Å²) in [6.07, 6.45) is 4.71. The van der Waals surface area contributed by atoms with Gasteiger partial charge < -0.3 is 9.47 Å². The number of unbranched alkanes of at least 4 members (excludes halogenated alkanes) is 1. The van der Waals surface area contributed by atoms with Crippen LogP contribution in [0.3, 0.4) is 0 Å². The van der Waals surface area contributed by atoms with E-state index in [9.17, 15) is 9.59 Å². The van der Waals surface area contributed by atoms with E-state index < -0.39 is 0 Å². The summed E-state index contributed by atoms with van der Waals surface area (Å²) in [6, 6.07) is 4.90. The number of hydrazine groups is 1. The van der Waals surface area contributed by atoms with Crippen LogP contribution in [0.15, 0.2) is 18.2 Å². The van der Waals surface area contributed by atoms with Gasteiger partial charge in [-0.05, 0) is 44.4 Å². The fourth-order valence-corrected chi connectivity index (χ4v) is 5.59. The summed E-state index contributed by atoms with van der Waals surface area (Å²) in [4.78, 5) is 24.0. The summed E-state index contributed by atoms with van der Waals surface area (Å²) in [5.74, 6) is 1.73. The zero-order chi connectivity index (χ0) is 18.8. The topological polar surface area (TPSA) is 76.7 Å². The molecule has 0 bridgehead atoms. The van der Waals surface area contributed by atoms with Gasteiger partial charge in [0, 0.05) is 23.0 Å². The molecule has 2 amide bonds. The summed E-state index contributed by atoms with van der Waals surface area (Å²) in [5, 5.41) is 0.734. The van der Waals surface area contributed by atoms with Crippen LogP contribution < -0.4 is 20.3 Å². The van der Waals surface area contributed by atoms with Crippen LogP contribution in [0.2, 0.25) is 0 Å². The van der Waals surface area contributed by atoms with Crippen LogP contribution in [0.25, 0.3) is 0 Å². The maximum Gasteiger partial charge on any atom is 0.269 e. The number of nitrogens with one attached hydrogen (secondary N) is 2. The van der Waals surface area contributed by atoms with E-state index in [0.29, 0.717) is 30.1 Å². The summed E-state index contributed by atoms with van der Waals surface area (Å²) < 4.78 is 10.6. The van der Waals surface area contributed by atoms with Crippen LogP contribution in [0.5, 0.6) is 11.5 Å². The molecule has 1 heterocycles. The molecule has 1 aliphatic rings. The van der Waals surface area contributed by atoms with Gasteiger partial charge in [-0.3, -0.25) is 20.4 Å². The van der Waals surface area contributed by atoms with Crippen molar-refractivity contribution >= 4 is 33.4 Å². The van der Waals surface area contributed by atoms with Gasteiger partial charge in [-0.1, -0.05) is 28.0 Å². The molecule has 1 aliphatic heterocycles. The second kappa shape index (κ2) is 11.2. The standard InChI is InChI=1S/C18H26N2O4S2/c1-3-24-15-9-8-13(12-16(15)23-2)18(22)20-19-17(21)7-5-4-6-14-10-11-25-26-14/h8-9,12,14H,3-7,10-11H2,1-2H3,(H,19,21)(H,20,22). The van der Waals surface area contributed by atoms with Crippen molar-refractivity contribution in [3.05, 3.63) is 23.8 Å². The Labute approximate surface area is 162 Å². The van der Waals surface area contributed by atoms with Gasteiger partial charge in [-0.2, -0.15) is 0 Å². The third kappa shape index (κ3) is 6.64. The molecule has 1 atom stereocenters. The molecule has 1 aromatic rings. The van der Waals surface area contributed by atoms with Crippen molar-refractivity contribution in [2.75, 3.05) is 19.5 Å². The third-order valence-electron chi connectivity index (χ3n) is 3.95. The minimum Gasteiger partial charge on any atom is -0.493 e. The predicted molar refractivity (Wildman–Crippen MR) is 107 cm³/mol. The smallest absolute Gasteiger partial charge is 0.269 e. The Morgan fingerprint density at radius 2 is 2.08 bits per heavy atom. The van der Waals surface area contributed by atoms with Crippen LogP contribution in [0.4, 0.5) is 0 Å². The highest BCUT2D eigenvalue weighted by Gasteiger charge is 2.16. The lowest BCUT2D eigenvalue weighted by atomic mass is 10.1. The zero-order valence-corrected chi connectivity index (χ0v) is 16.8. The summed E-state index contributed by atoms with van der Waals surface area (Å²) in [7, 11) is 5.41. The first-order valence-corrected chi connectivity index (χ1v) is 11.2. The Kier molecular flexibility index (Phi) is 8.97. The van der Waals surface area contributed by atoms with E-state index in [2.05, 4.69) is 10.9 Å². The average Bonchev–Trinajstić information content (AvgIpc) is 3.17. The summed E-state index contributed by atoms with van der Waals surface area (Å²) in [6.45, 7) is 2.39. The van der Waals surface area contributed by atoms with Crippen molar-refractivity contribution in [2.24, 2.45) is 0 Å². The van der Waals surface area contributed by atoms with Crippen molar-refractivity contribution in [2.45, 2.75) is 44.3 Å². The Bertz CT molecular complexity index is 607. The molecule has 144 valence electrons. The van der Waals surface area contributed by atoms with Gasteiger partial charge in [-0.15, -0.1) is 0 Å². The first-order chi connectivity index (χ1) is 12.6. The molecule has 0 spiro atoms. The number of amides is 2. The molecule has 2 rings (SSSR count). The average molecular weight is 399 g/mol. The van der Waals surface area contributed by atoms with E-state index in [-0.39, 0.29) is 11.8 Å². The number of benzene rings is 1. The molecule has 26 heavy (non-hydrogen) atoms. The molecule has 8 heteroatoms. The third-order valence-corrected chi connectivity index (χ3v) is 6.96. The van der Waals surface area contributed by atoms with Crippen molar-refractivity contribution in [3.8, 4) is 11.5 Å². The monoisotopic (exact) mass is 398 g/mol. The number of carbonyl (C=O) groups excluding carboxylic acids is 2. The molecule has 6 nitrogen and oxygen atoms in total. The number of ether oxygens (including phenoxy) is 2. The fraction of sp³-hybridized carbons (Fsp3) is 0.556. The van der Waals surface area contributed by atoms with Crippen LogP contribution in [-0.4, -0.2) is 36.5 Å². The lowest BCUT2D eigenvalue weighted by molar-refractivity contribution is -0.122. The van der Waals surface area contributed by atoms with Crippen LogP contribution >= 0.6 is 21.6 Å². The molecular formula is C18H26N2O4S2. The normalized spacial score (nSPS) is 16.2. The number of hydrogen-bond donors (Lipinski definition) is 2. The van der Waals surface area contributed by atoms with E-state index in [4.69, 9.17) is 9.47 Å². The Hall–Kier alpha value is -1.54. The number of rotatable bonds is 9. The van der Waals surface area contributed by atoms with E-state index in [1.807, 2.05) is 28.5 Å². The molecule has 0 saturated carbocycles. The van der Waals surface area contributed by atoms with Gasteiger partial charge >= 0.3 is 0 Å². The minimum atomic E-state index is -0.390. The molecule has 1 fully saturated rings. The second-order valence-corrected chi connectivity index (χ2v) is 8.66. The van der Waals surface area contributed by atoms with Crippen LogP contribution in [0, 0.1) is 0 Å². The van der Waals surface area contributed by atoms with E-state index in [0.717, 1.165) is 24.5 Å². The van der Waals surface area contributed by atoms with Gasteiger partial charge in [0.25, 0.3) is 5.91 Å². The fourth-order valence-electron chi connectivity index (χ4n) is 2.57. The predicted octanol–water partition coefficient (Wildman–Crippen LogP) is 3.57. The van der Waals surface area contributed by atoms with E-state index >= 15 is 0 Å². The highest BCUT2D eigenvalue weighted by atomic mass is 33.1. The van der Waals surface area contributed by atoms with Gasteiger partial charge in [0.2, 0.25) is 5.91 Å². The van der Waals surface area contributed by atoms with Crippen LogP contribution in [-0.2, 0) is 4.79 Å². The zero-order valence-electron chi connectivity index (χ0n) is 15.2. The minimum absolute atomic E-state index is 0.176. The van der Waals surface area contributed by atoms with Crippen LogP contribution in [0.1, 0.15) is 49.4 Å². The Balaban J connectivity index is 1.70.